The quantitative estimate of drug-likeness (QED) is 0.915. The molecule has 0 spiro atoms. The van der Waals surface area contributed by atoms with E-state index in [1.165, 1.54) is 6.33 Å². The van der Waals surface area contributed by atoms with Crippen LogP contribution in [0.2, 0.25) is 0 Å². The predicted molar refractivity (Wildman–Crippen MR) is 71.0 cm³/mol. The van der Waals surface area contributed by atoms with Crippen molar-refractivity contribution < 1.29 is 0 Å². The third-order valence-electron chi connectivity index (χ3n) is 2.45. The summed E-state index contributed by atoms with van der Waals surface area (Å²) in [4.78, 5) is 18.0. The Hall–Kier alpha value is -1.62. The Morgan fingerprint density at radius 1 is 1.35 bits per heavy atom. The second-order valence-corrected chi connectivity index (χ2v) is 4.46. The number of aromatic nitrogens is 2. The van der Waals surface area contributed by atoms with E-state index in [-0.39, 0.29) is 11.6 Å². The van der Waals surface area contributed by atoms with Gasteiger partial charge in [0.15, 0.2) is 0 Å². The Bertz CT molecular complexity index is 553. The molecule has 2 rings (SSSR count). The second-order valence-electron chi connectivity index (χ2n) is 3.67. The smallest absolute Gasteiger partial charge is 0.267 e. The van der Waals surface area contributed by atoms with Crippen molar-refractivity contribution in [3.05, 3.63) is 57.0 Å². The van der Waals surface area contributed by atoms with Crippen LogP contribution < -0.4 is 10.9 Å². The fourth-order valence-corrected chi connectivity index (χ4v) is 1.85. The van der Waals surface area contributed by atoms with Gasteiger partial charge in [-0.2, -0.15) is 0 Å². The van der Waals surface area contributed by atoms with Gasteiger partial charge in [0, 0.05) is 6.04 Å². The number of aromatic amines is 1. The molecule has 0 aliphatic carbocycles. The molecule has 2 aromatic rings. The first-order valence-electron chi connectivity index (χ1n) is 5.23. The molecule has 0 amide bonds. The van der Waals surface area contributed by atoms with Crippen LogP contribution in [0.15, 0.2) is 45.9 Å². The average Bonchev–Trinajstić information content (AvgIpc) is 2.36. The molecule has 1 heterocycles. The van der Waals surface area contributed by atoms with E-state index in [4.69, 9.17) is 0 Å². The zero-order valence-electron chi connectivity index (χ0n) is 9.27. The molecule has 5 heteroatoms. The molecule has 4 nitrogen and oxygen atoms in total. The Balaban J connectivity index is 2.22. The minimum Gasteiger partial charge on any atom is -0.362 e. The summed E-state index contributed by atoms with van der Waals surface area (Å²) < 4.78 is 0.419. The molecule has 0 aliphatic rings. The molecule has 1 atom stereocenters. The Morgan fingerprint density at radius 2 is 2.06 bits per heavy atom. The zero-order valence-corrected chi connectivity index (χ0v) is 10.9. The average molecular weight is 294 g/mol. The topological polar surface area (TPSA) is 57.8 Å². The van der Waals surface area contributed by atoms with Crippen molar-refractivity contribution in [2.45, 2.75) is 13.0 Å². The van der Waals surface area contributed by atoms with Crippen LogP contribution in [0, 0.1) is 0 Å². The number of anilines is 1. The Labute approximate surface area is 107 Å². The fourth-order valence-electron chi connectivity index (χ4n) is 1.51. The van der Waals surface area contributed by atoms with Gasteiger partial charge in [-0.05, 0) is 28.4 Å². The number of hydrogen-bond donors (Lipinski definition) is 2. The maximum Gasteiger partial charge on any atom is 0.267 e. The van der Waals surface area contributed by atoms with Gasteiger partial charge in [-0.25, -0.2) is 4.98 Å². The fraction of sp³-hybridized carbons (Fsp3) is 0.167. The summed E-state index contributed by atoms with van der Waals surface area (Å²) in [6.45, 7) is 2.02. The first-order valence-corrected chi connectivity index (χ1v) is 6.02. The van der Waals surface area contributed by atoms with E-state index in [1.807, 2.05) is 37.3 Å². The van der Waals surface area contributed by atoms with Gasteiger partial charge >= 0.3 is 0 Å². The highest BCUT2D eigenvalue weighted by Gasteiger charge is 2.09. The summed E-state index contributed by atoms with van der Waals surface area (Å²) in [5.74, 6) is 0.546. The van der Waals surface area contributed by atoms with Crippen LogP contribution in [0.25, 0.3) is 0 Å². The van der Waals surface area contributed by atoms with Crippen LogP contribution in [0.4, 0.5) is 5.82 Å². The van der Waals surface area contributed by atoms with Gasteiger partial charge in [0.1, 0.15) is 10.3 Å². The molecule has 17 heavy (non-hydrogen) atoms. The molecule has 0 saturated heterocycles. The Kier molecular flexibility index (Phi) is 3.58. The van der Waals surface area contributed by atoms with Gasteiger partial charge < -0.3 is 10.3 Å². The molecule has 0 aliphatic heterocycles. The predicted octanol–water partition coefficient (Wildman–Crippen LogP) is 2.71. The highest BCUT2D eigenvalue weighted by molar-refractivity contribution is 9.10. The van der Waals surface area contributed by atoms with Gasteiger partial charge in [0.2, 0.25) is 0 Å². The van der Waals surface area contributed by atoms with E-state index in [0.29, 0.717) is 10.3 Å². The van der Waals surface area contributed by atoms with Gasteiger partial charge in [0.05, 0.1) is 6.33 Å². The van der Waals surface area contributed by atoms with E-state index < -0.39 is 0 Å². The monoisotopic (exact) mass is 293 g/mol. The van der Waals surface area contributed by atoms with Gasteiger partial charge in [-0.15, -0.1) is 0 Å². The Morgan fingerprint density at radius 3 is 2.76 bits per heavy atom. The maximum atomic E-state index is 11.4. The van der Waals surface area contributed by atoms with Gasteiger partial charge in [0.25, 0.3) is 5.56 Å². The van der Waals surface area contributed by atoms with E-state index in [1.54, 1.807) is 0 Å². The van der Waals surface area contributed by atoms with Crippen molar-refractivity contribution in [3.8, 4) is 0 Å². The number of nitrogens with one attached hydrogen (secondary N) is 2. The summed E-state index contributed by atoms with van der Waals surface area (Å²) in [5, 5.41) is 3.19. The molecule has 2 N–H and O–H groups in total. The summed E-state index contributed by atoms with van der Waals surface area (Å²) >= 11 is 3.21. The largest absolute Gasteiger partial charge is 0.362 e. The lowest BCUT2D eigenvalue weighted by molar-refractivity contribution is 0.867. The van der Waals surface area contributed by atoms with E-state index in [9.17, 15) is 4.79 Å². The minimum atomic E-state index is -0.192. The molecule has 88 valence electrons. The molecular formula is C12H12BrN3O. The van der Waals surface area contributed by atoms with Crippen LogP contribution in [-0.2, 0) is 0 Å². The molecule has 0 radical (unpaired) electrons. The molecular weight excluding hydrogens is 282 g/mol. The summed E-state index contributed by atoms with van der Waals surface area (Å²) in [7, 11) is 0. The summed E-state index contributed by atoms with van der Waals surface area (Å²) in [6, 6.07) is 10.1. The van der Waals surface area contributed by atoms with Crippen molar-refractivity contribution in [2.75, 3.05) is 5.32 Å². The van der Waals surface area contributed by atoms with Crippen molar-refractivity contribution in [2.24, 2.45) is 0 Å². The van der Waals surface area contributed by atoms with Crippen LogP contribution in [0.1, 0.15) is 18.5 Å². The third kappa shape index (κ3) is 2.74. The highest BCUT2D eigenvalue weighted by atomic mass is 79.9. The van der Waals surface area contributed by atoms with Crippen LogP contribution in [0.5, 0.6) is 0 Å². The molecule has 1 aromatic carbocycles. The summed E-state index contributed by atoms with van der Waals surface area (Å²) in [5.41, 5.74) is 0.948. The lowest BCUT2D eigenvalue weighted by Crippen LogP contribution is -2.14. The SMILES string of the molecule is CC(Nc1nc[nH]c(=O)c1Br)c1ccccc1. The lowest BCUT2D eigenvalue weighted by Gasteiger charge is -2.15. The number of nitrogens with zero attached hydrogens (tertiary/aromatic N) is 1. The molecule has 0 bridgehead atoms. The summed E-state index contributed by atoms with van der Waals surface area (Å²) in [6.07, 6.45) is 1.38. The molecule has 0 saturated carbocycles. The number of halogens is 1. The second kappa shape index (κ2) is 5.14. The first kappa shape index (κ1) is 11.9. The van der Waals surface area contributed by atoms with Crippen molar-refractivity contribution in [1.82, 2.24) is 9.97 Å². The number of rotatable bonds is 3. The lowest BCUT2D eigenvalue weighted by atomic mass is 10.1. The molecule has 1 aromatic heterocycles. The van der Waals surface area contributed by atoms with E-state index in [2.05, 4.69) is 31.2 Å². The molecule has 1 unspecified atom stereocenters. The number of H-pyrrole nitrogens is 1. The van der Waals surface area contributed by atoms with E-state index >= 15 is 0 Å². The van der Waals surface area contributed by atoms with Gasteiger partial charge in [-0.3, -0.25) is 4.79 Å². The zero-order chi connectivity index (χ0) is 12.3. The van der Waals surface area contributed by atoms with Crippen LogP contribution in [0.3, 0.4) is 0 Å². The van der Waals surface area contributed by atoms with Crippen LogP contribution >= 0.6 is 15.9 Å². The maximum absolute atomic E-state index is 11.4. The van der Waals surface area contributed by atoms with Crippen molar-refractivity contribution in [1.29, 1.82) is 0 Å². The van der Waals surface area contributed by atoms with Crippen molar-refractivity contribution >= 4 is 21.7 Å². The number of hydrogen-bond acceptors (Lipinski definition) is 3. The first-order chi connectivity index (χ1) is 8.18. The van der Waals surface area contributed by atoms with Crippen molar-refractivity contribution in [3.63, 3.8) is 0 Å². The highest BCUT2D eigenvalue weighted by Crippen LogP contribution is 2.20. The number of benzene rings is 1. The van der Waals surface area contributed by atoms with E-state index in [0.717, 1.165) is 5.56 Å². The minimum absolute atomic E-state index is 0.0850. The normalized spacial score (nSPS) is 12.1. The third-order valence-corrected chi connectivity index (χ3v) is 3.19. The standard InChI is InChI=1S/C12H12BrN3O/c1-8(9-5-3-2-4-6-9)16-11-10(13)12(17)15-7-14-11/h2-8H,1H3,(H2,14,15,16,17). The van der Waals surface area contributed by atoms with Crippen LogP contribution in [-0.4, -0.2) is 9.97 Å². The molecule has 0 fully saturated rings. The van der Waals surface area contributed by atoms with Gasteiger partial charge in [-0.1, -0.05) is 30.3 Å².